The van der Waals surface area contributed by atoms with Crippen LogP contribution in [0.3, 0.4) is 0 Å². The molecule has 1 heterocycles. The normalized spacial score (nSPS) is 11.5. The Kier molecular flexibility index (Phi) is 7.56. The molecule has 0 aliphatic heterocycles. The minimum Gasteiger partial charge on any atom is -0.348 e. The maximum Gasteiger partial charge on any atom is 0.251 e. The summed E-state index contributed by atoms with van der Waals surface area (Å²) in [7, 11) is 0. The summed E-state index contributed by atoms with van der Waals surface area (Å²) in [5.74, 6) is 0.394. The van der Waals surface area contributed by atoms with Crippen molar-refractivity contribution in [1.29, 1.82) is 0 Å². The highest BCUT2D eigenvalue weighted by Gasteiger charge is 2.12. The fourth-order valence-corrected chi connectivity index (χ4v) is 2.04. The van der Waals surface area contributed by atoms with Crippen LogP contribution in [0.5, 0.6) is 0 Å². The molecule has 0 radical (unpaired) electrons. The molecule has 22 heavy (non-hydrogen) atoms. The zero-order valence-corrected chi connectivity index (χ0v) is 13.3. The number of benzene rings is 1. The highest BCUT2D eigenvalue weighted by molar-refractivity contribution is 5.94. The van der Waals surface area contributed by atoms with E-state index in [4.69, 9.17) is 10.3 Å². The number of hydrogen-bond donors (Lipinski definition) is 2. The van der Waals surface area contributed by atoms with Gasteiger partial charge in [0.25, 0.3) is 5.91 Å². The van der Waals surface area contributed by atoms with Gasteiger partial charge in [0.1, 0.15) is 0 Å². The van der Waals surface area contributed by atoms with Crippen molar-refractivity contribution in [3.63, 3.8) is 0 Å². The van der Waals surface area contributed by atoms with Gasteiger partial charge in [-0.05, 0) is 18.6 Å². The molecule has 0 aliphatic rings. The summed E-state index contributed by atoms with van der Waals surface area (Å²) in [6.45, 7) is 2.57. The van der Waals surface area contributed by atoms with E-state index < -0.39 is 0 Å². The van der Waals surface area contributed by atoms with Gasteiger partial charge in [-0.15, -0.1) is 12.4 Å². The summed E-state index contributed by atoms with van der Waals surface area (Å²) in [6.07, 6.45) is 4.32. The predicted octanol–water partition coefficient (Wildman–Crippen LogP) is 2.41. The lowest BCUT2D eigenvalue weighted by atomic mass is 10.1. The minimum atomic E-state index is -0.110. The monoisotopic (exact) mass is 324 g/mol. The summed E-state index contributed by atoms with van der Waals surface area (Å²) < 4.78 is 4.70. The Balaban J connectivity index is 0.00000242. The number of carbonyl (C=O) groups is 1. The van der Waals surface area contributed by atoms with Gasteiger partial charge in [-0.25, -0.2) is 0 Å². The fourth-order valence-electron chi connectivity index (χ4n) is 2.04. The van der Waals surface area contributed by atoms with Gasteiger partial charge < -0.3 is 15.6 Å². The van der Waals surface area contributed by atoms with Gasteiger partial charge in [-0.1, -0.05) is 37.1 Å². The average molecular weight is 325 g/mol. The molecule has 1 aromatic carbocycles. The molecule has 0 saturated heterocycles. The summed E-state index contributed by atoms with van der Waals surface area (Å²) in [5, 5.41) is 6.71. The van der Waals surface area contributed by atoms with E-state index in [1.807, 2.05) is 0 Å². The van der Waals surface area contributed by atoms with Crippen LogP contribution in [0.1, 0.15) is 36.5 Å². The summed E-state index contributed by atoms with van der Waals surface area (Å²) in [4.78, 5) is 16.1. The van der Waals surface area contributed by atoms with Crippen LogP contribution in [0.4, 0.5) is 0 Å². The van der Waals surface area contributed by atoms with Crippen molar-refractivity contribution in [3.8, 4) is 11.4 Å². The maximum absolute atomic E-state index is 12.2. The first-order valence-electron chi connectivity index (χ1n) is 7.12. The first-order valence-corrected chi connectivity index (χ1v) is 7.12. The number of nitrogens with two attached hydrogens (primary N) is 1. The van der Waals surface area contributed by atoms with Crippen molar-refractivity contribution in [3.05, 3.63) is 36.2 Å². The Morgan fingerprint density at radius 1 is 1.36 bits per heavy atom. The molecular formula is C15H21ClN4O2. The second kappa shape index (κ2) is 9.17. The number of halogens is 1. The molecular weight excluding hydrogens is 304 g/mol. The van der Waals surface area contributed by atoms with Crippen LogP contribution in [0.25, 0.3) is 11.4 Å². The third-order valence-corrected chi connectivity index (χ3v) is 3.29. The van der Waals surface area contributed by atoms with Crippen molar-refractivity contribution in [1.82, 2.24) is 15.5 Å². The Morgan fingerprint density at radius 2 is 2.09 bits per heavy atom. The fraction of sp³-hybridized carbons (Fsp3) is 0.400. The number of amides is 1. The number of rotatable bonds is 7. The van der Waals surface area contributed by atoms with Crippen LogP contribution in [-0.4, -0.2) is 28.6 Å². The molecule has 0 spiro atoms. The molecule has 0 aliphatic carbocycles. The first-order chi connectivity index (χ1) is 10.2. The topological polar surface area (TPSA) is 94.0 Å². The Hall–Kier alpha value is -1.92. The van der Waals surface area contributed by atoms with E-state index in [0.717, 1.165) is 24.8 Å². The molecule has 7 heteroatoms. The molecule has 3 N–H and O–H groups in total. The quantitative estimate of drug-likeness (QED) is 0.815. The number of aromatic nitrogens is 2. The zero-order chi connectivity index (χ0) is 15.1. The van der Waals surface area contributed by atoms with Gasteiger partial charge in [0.05, 0.1) is 0 Å². The zero-order valence-electron chi connectivity index (χ0n) is 12.5. The molecule has 1 unspecified atom stereocenters. The molecule has 1 atom stereocenters. The third-order valence-electron chi connectivity index (χ3n) is 3.29. The number of hydrogen-bond acceptors (Lipinski definition) is 5. The Labute approximate surface area is 135 Å². The van der Waals surface area contributed by atoms with E-state index in [1.54, 1.807) is 24.3 Å². The molecule has 6 nitrogen and oxygen atoms in total. The van der Waals surface area contributed by atoms with Crippen molar-refractivity contribution < 1.29 is 9.32 Å². The number of nitrogens with zero attached hydrogens (tertiary/aromatic N) is 2. The second-order valence-corrected chi connectivity index (χ2v) is 4.88. The summed E-state index contributed by atoms with van der Waals surface area (Å²) in [6, 6.07) is 7.10. The van der Waals surface area contributed by atoms with E-state index in [9.17, 15) is 4.79 Å². The molecule has 0 saturated carbocycles. The van der Waals surface area contributed by atoms with E-state index in [2.05, 4.69) is 22.4 Å². The molecule has 1 amide bonds. The van der Waals surface area contributed by atoms with Crippen LogP contribution < -0.4 is 11.1 Å². The summed E-state index contributed by atoms with van der Waals surface area (Å²) >= 11 is 0. The van der Waals surface area contributed by atoms with Gasteiger partial charge in [0.15, 0.2) is 0 Å². The highest BCUT2D eigenvalue weighted by Crippen LogP contribution is 2.15. The predicted molar refractivity (Wildman–Crippen MR) is 86.8 cm³/mol. The van der Waals surface area contributed by atoms with Crippen LogP contribution in [-0.2, 0) is 0 Å². The lowest BCUT2D eigenvalue weighted by molar-refractivity contribution is 0.0936. The maximum atomic E-state index is 12.2. The molecule has 120 valence electrons. The van der Waals surface area contributed by atoms with E-state index >= 15 is 0 Å². The number of unbranched alkanes of at least 4 members (excludes halogenated alkanes) is 1. The van der Waals surface area contributed by atoms with E-state index in [1.165, 1.54) is 6.39 Å². The van der Waals surface area contributed by atoms with Crippen LogP contribution in [0.2, 0.25) is 0 Å². The number of carbonyl (C=O) groups excluding carboxylic acids is 1. The van der Waals surface area contributed by atoms with Gasteiger partial charge >= 0.3 is 0 Å². The van der Waals surface area contributed by atoms with Crippen molar-refractivity contribution in [2.24, 2.45) is 5.73 Å². The van der Waals surface area contributed by atoms with Gasteiger partial charge in [-0.3, -0.25) is 4.79 Å². The number of nitrogens with one attached hydrogen (secondary N) is 1. The first kappa shape index (κ1) is 18.1. The second-order valence-electron chi connectivity index (χ2n) is 4.88. The van der Waals surface area contributed by atoms with Crippen molar-refractivity contribution in [2.45, 2.75) is 32.2 Å². The third kappa shape index (κ3) is 4.82. The SMILES string of the molecule is CCCCC(CN)NC(=O)c1ccc(-c2ncon2)cc1.Cl. The molecule has 2 rings (SSSR count). The lowest BCUT2D eigenvalue weighted by Gasteiger charge is -2.16. The highest BCUT2D eigenvalue weighted by atomic mass is 35.5. The van der Waals surface area contributed by atoms with Gasteiger partial charge in [0.2, 0.25) is 12.2 Å². The standard InChI is InChI=1S/C15H20N4O2.ClH/c1-2-3-4-13(9-16)18-15(20)12-7-5-11(6-8-12)14-17-10-21-19-14;/h5-8,10,13H,2-4,9,16H2,1H3,(H,18,20);1H. The molecule has 0 fully saturated rings. The smallest absolute Gasteiger partial charge is 0.251 e. The molecule has 1 aromatic heterocycles. The minimum absolute atomic E-state index is 0. The lowest BCUT2D eigenvalue weighted by Crippen LogP contribution is -2.40. The van der Waals surface area contributed by atoms with Gasteiger partial charge in [-0.2, -0.15) is 4.98 Å². The summed E-state index contributed by atoms with van der Waals surface area (Å²) in [5.41, 5.74) is 7.09. The Morgan fingerprint density at radius 3 is 2.64 bits per heavy atom. The van der Waals surface area contributed by atoms with Crippen molar-refractivity contribution >= 4 is 18.3 Å². The van der Waals surface area contributed by atoms with Gasteiger partial charge in [0, 0.05) is 23.7 Å². The van der Waals surface area contributed by atoms with Crippen molar-refractivity contribution in [2.75, 3.05) is 6.54 Å². The molecule has 0 bridgehead atoms. The van der Waals surface area contributed by atoms with Crippen LogP contribution in [0.15, 0.2) is 35.2 Å². The van der Waals surface area contributed by atoms with Crippen LogP contribution >= 0.6 is 12.4 Å². The van der Waals surface area contributed by atoms with Crippen LogP contribution in [0, 0.1) is 0 Å². The average Bonchev–Trinajstić information content (AvgIpc) is 3.05. The largest absolute Gasteiger partial charge is 0.348 e. The van der Waals surface area contributed by atoms with E-state index in [-0.39, 0.29) is 24.4 Å². The molecule has 2 aromatic rings. The van der Waals surface area contributed by atoms with E-state index in [0.29, 0.717) is 17.9 Å². The Bertz CT molecular complexity index is 557.